The molecule has 166 valence electrons. The molecule has 8 nitrogen and oxygen atoms in total. The number of hydrazone groups is 1. The third kappa shape index (κ3) is 5.37. The van der Waals surface area contributed by atoms with E-state index in [-0.39, 0.29) is 11.5 Å². The van der Waals surface area contributed by atoms with Crippen LogP contribution < -0.4 is 14.9 Å². The predicted octanol–water partition coefficient (Wildman–Crippen LogP) is 5.78. The van der Waals surface area contributed by atoms with Gasteiger partial charge in [0.05, 0.1) is 21.8 Å². The van der Waals surface area contributed by atoms with Crippen LogP contribution in [0.5, 0.6) is 11.5 Å². The van der Waals surface area contributed by atoms with Crippen LogP contribution in [0.3, 0.4) is 0 Å². The number of benzene rings is 3. The summed E-state index contributed by atoms with van der Waals surface area (Å²) < 4.78 is 12.5. The van der Waals surface area contributed by atoms with Gasteiger partial charge in [0.15, 0.2) is 11.5 Å². The Morgan fingerprint density at radius 3 is 2.73 bits per heavy atom. The number of rotatable bonds is 8. The fourth-order valence-corrected chi connectivity index (χ4v) is 4.02. The lowest BCUT2D eigenvalue weighted by molar-refractivity contribution is -0.384. The summed E-state index contributed by atoms with van der Waals surface area (Å²) in [6, 6.07) is 20.9. The van der Waals surface area contributed by atoms with Crippen molar-refractivity contribution in [2.45, 2.75) is 6.61 Å². The lowest BCUT2D eigenvalue weighted by atomic mass is 10.1. The van der Waals surface area contributed by atoms with Crippen molar-refractivity contribution in [2.24, 2.45) is 5.10 Å². The van der Waals surface area contributed by atoms with Gasteiger partial charge in [0.2, 0.25) is 5.82 Å². The van der Waals surface area contributed by atoms with Crippen LogP contribution in [-0.2, 0) is 6.61 Å². The molecule has 0 aliphatic carbocycles. The number of nitro groups is 1. The summed E-state index contributed by atoms with van der Waals surface area (Å²) >= 11 is 2.18. The second-order valence-electron chi connectivity index (χ2n) is 7.00. The number of nitrogens with zero attached hydrogens (tertiary/aromatic N) is 3. The zero-order valence-electron chi connectivity index (χ0n) is 17.6. The van der Waals surface area contributed by atoms with Gasteiger partial charge in [-0.05, 0) is 68.8 Å². The number of halogens is 1. The SMILES string of the molecule is COc1cc(/C=N\Nc2ncccc2[N+](=O)[O-])cc(I)c1OCc1ccc2ccccc2c1. The van der Waals surface area contributed by atoms with Gasteiger partial charge in [0, 0.05) is 12.3 Å². The highest BCUT2D eigenvalue weighted by Crippen LogP contribution is 2.34. The van der Waals surface area contributed by atoms with Crippen molar-refractivity contribution < 1.29 is 14.4 Å². The van der Waals surface area contributed by atoms with E-state index >= 15 is 0 Å². The zero-order chi connectivity index (χ0) is 23.2. The van der Waals surface area contributed by atoms with Gasteiger partial charge in [-0.15, -0.1) is 0 Å². The van der Waals surface area contributed by atoms with Crippen LogP contribution in [-0.4, -0.2) is 23.2 Å². The smallest absolute Gasteiger partial charge is 0.313 e. The highest BCUT2D eigenvalue weighted by molar-refractivity contribution is 14.1. The summed E-state index contributed by atoms with van der Waals surface area (Å²) in [7, 11) is 1.57. The van der Waals surface area contributed by atoms with Gasteiger partial charge in [-0.1, -0.05) is 36.4 Å². The molecular weight excluding hydrogens is 535 g/mol. The van der Waals surface area contributed by atoms with Crippen LogP contribution in [0.2, 0.25) is 0 Å². The van der Waals surface area contributed by atoms with E-state index in [0.29, 0.717) is 18.1 Å². The van der Waals surface area contributed by atoms with Crippen molar-refractivity contribution in [3.63, 3.8) is 0 Å². The molecule has 0 aliphatic heterocycles. The maximum Gasteiger partial charge on any atom is 0.313 e. The Morgan fingerprint density at radius 2 is 1.94 bits per heavy atom. The van der Waals surface area contributed by atoms with Crippen LogP contribution in [0.25, 0.3) is 10.8 Å². The van der Waals surface area contributed by atoms with E-state index in [1.807, 2.05) is 24.3 Å². The van der Waals surface area contributed by atoms with Crippen molar-refractivity contribution in [3.8, 4) is 11.5 Å². The second-order valence-corrected chi connectivity index (χ2v) is 8.16. The Kier molecular flexibility index (Phi) is 6.98. The van der Waals surface area contributed by atoms with Gasteiger partial charge in [-0.3, -0.25) is 15.5 Å². The summed E-state index contributed by atoms with van der Waals surface area (Å²) in [5, 5.41) is 17.5. The highest BCUT2D eigenvalue weighted by atomic mass is 127. The molecule has 0 radical (unpaired) electrons. The number of fused-ring (bicyclic) bond motifs is 1. The van der Waals surface area contributed by atoms with E-state index < -0.39 is 4.92 Å². The molecule has 0 unspecified atom stereocenters. The maximum absolute atomic E-state index is 11.1. The third-order valence-corrected chi connectivity index (χ3v) is 5.62. The molecule has 0 atom stereocenters. The predicted molar refractivity (Wildman–Crippen MR) is 136 cm³/mol. The van der Waals surface area contributed by atoms with Gasteiger partial charge in [-0.2, -0.15) is 5.10 Å². The van der Waals surface area contributed by atoms with Crippen LogP contribution in [0.15, 0.2) is 78.0 Å². The Bertz CT molecular complexity index is 1340. The quantitative estimate of drug-likeness (QED) is 0.128. The number of anilines is 1. The first-order valence-electron chi connectivity index (χ1n) is 9.91. The summed E-state index contributed by atoms with van der Waals surface area (Å²) in [6.45, 7) is 0.398. The minimum absolute atomic E-state index is 0.0655. The van der Waals surface area contributed by atoms with E-state index in [0.717, 1.165) is 20.1 Å². The molecule has 0 spiro atoms. The molecule has 3 aromatic carbocycles. The second kappa shape index (κ2) is 10.3. The number of aromatic nitrogens is 1. The summed E-state index contributed by atoms with van der Waals surface area (Å²) in [4.78, 5) is 14.5. The first-order valence-corrected chi connectivity index (χ1v) is 11.0. The van der Waals surface area contributed by atoms with Crippen molar-refractivity contribution in [2.75, 3.05) is 12.5 Å². The minimum Gasteiger partial charge on any atom is -0.493 e. The van der Waals surface area contributed by atoms with Crippen molar-refractivity contribution in [1.29, 1.82) is 0 Å². The van der Waals surface area contributed by atoms with Crippen molar-refractivity contribution in [3.05, 3.63) is 97.7 Å². The molecule has 1 N–H and O–H groups in total. The van der Waals surface area contributed by atoms with Crippen molar-refractivity contribution >= 4 is 51.1 Å². The van der Waals surface area contributed by atoms with E-state index in [1.165, 1.54) is 29.9 Å². The molecule has 0 amide bonds. The van der Waals surface area contributed by atoms with Gasteiger partial charge in [0.25, 0.3) is 0 Å². The van der Waals surface area contributed by atoms with Crippen LogP contribution in [0, 0.1) is 13.7 Å². The Balaban J connectivity index is 1.49. The minimum atomic E-state index is -0.515. The highest BCUT2D eigenvalue weighted by Gasteiger charge is 2.14. The third-order valence-electron chi connectivity index (χ3n) is 4.82. The molecule has 4 rings (SSSR count). The number of nitrogens with one attached hydrogen (secondary N) is 1. The van der Waals surface area contributed by atoms with E-state index in [1.54, 1.807) is 13.2 Å². The van der Waals surface area contributed by atoms with Gasteiger partial charge in [-0.25, -0.2) is 4.98 Å². The number of pyridine rings is 1. The maximum atomic E-state index is 11.1. The summed E-state index contributed by atoms with van der Waals surface area (Å²) in [6.07, 6.45) is 2.99. The number of methoxy groups -OCH3 is 1. The molecule has 0 saturated heterocycles. The molecule has 0 bridgehead atoms. The fraction of sp³-hybridized carbons (Fsp3) is 0.0833. The average Bonchev–Trinajstić information content (AvgIpc) is 2.83. The number of hydrogen-bond acceptors (Lipinski definition) is 7. The largest absolute Gasteiger partial charge is 0.493 e. The van der Waals surface area contributed by atoms with Crippen LogP contribution in [0.1, 0.15) is 11.1 Å². The van der Waals surface area contributed by atoms with E-state index in [9.17, 15) is 10.1 Å². The molecule has 0 aliphatic rings. The standard InChI is InChI=1S/C24H19IN4O4/c1-32-22-13-17(14-27-28-24-21(29(30)31)7-4-10-26-24)12-20(25)23(22)33-15-16-8-9-18-5-2-3-6-19(18)11-16/h2-14H,15H2,1H3,(H,26,28)/b27-14-. The molecule has 0 saturated carbocycles. The fourth-order valence-electron chi connectivity index (χ4n) is 3.24. The molecule has 33 heavy (non-hydrogen) atoms. The first kappa shape index (κ1) is 22.5. The van der Waals surface area contributed by atoms with Crippen molar-refractivity contribution in [1.82, 2.24) is 4.98 Å². The average molecular weight is 554 g/mol. The molecule has 4 aromatic rings. The Labute approximate surface area is 203 Å². The lowest BCUT2D eigenvalue weighted by Crippen LogP contribution is -2.02. The number of ether oxygens (including phenoxy) is 2. The Hall–Kier alpha value is -3.73. The molecule has 9 heteroatoms. The Morgan fingerprint density at radius 1 is 1.12 bits per heavy atom. The van der Waals surface area contributed by atoms with Crippen LogP contribution in [0.4, 0.5) is 11.5 Å². The van der Waals surface area contributed by atoms with Crippen LogP contribution >= 0.6 is 22.6 Å². The molecule has 1 heterocycles. The molecule has 0 fully saturated rings. The monoisotopic (exact) mass is 554 g/mol. The van der Waals surface area contributed by atoms with E-state index in [4.69, 9.17) is 9.47 Å². The molecule has 1 aromatic heterocycles. The molecular formula is C24H19IN4O4. The van der Waals surface area contributed by atoms with Gasteiger partial charge >= 0.3 is 5.69 Å². The lowest BCUT2D eigenvalue weighted by Gasteiger charge is -2.14. The first-order chi connectivity index (χ1) is 16.0. The normalized spacial score (nSPS) is 11.0. The summed E-state index contributed by atoms with van der Waals surface area (Å²) in [5.74, 6) is 1.26. The zero-order valence-corrected chi connectivity index (χ0v) is 19.7. The summed E-state index contributed by atoms with van der Waals surface area (Å²) in [5.41, 5.74) is 4.26. The number of hydrogen-bond donors (Lipinski definition) is 1. The van der Waals surface area contributed by atoms with Gasteiger partial charge in [0.1, 0.15) is 6.61 Å². The van der Waals surface area contributed by atoms with E-state index in [2.05, 4.69) is 62.4 Å². The topological polar surface area (TPSA) is 98.9 Å². The van der Waals surface area contributed by atoms with Gasteiger partial charge < -0.3 is 9.47 Å².